The molecule has 1 amide bonds. The lowest BCUT2D eigenvalue weighted by Gasteiger charge is -2.09. The van der Waals surface area contributed by atoms with E-state index in [2.05, 4.69) is 10.3 Å². The first kappa shape index (κ1) is 20.7. The molecule has 160 valence electrons. The third-order valence-electron chi connectivity index (χ3n) is 4.91. The number of benzene rings is 3. The van der Waals surface area contributed by atoms with Crippen molar-refractivity contribution in [2.45, 2.75) is 13.1 Å². The molecule has 3 aromatic carbocycles. The third-order valence-corrected chi connectivity index (χ3v) is 4.91. The molecule has 4 rings (SSSR count). The van der Waals surface area contributed by atoms with Crippen molar-refractivity contribution < 1.29 is 14.6 Å². The van der Waals surface area contributed by atoms with Crippen molar-refractivity contribution in [3.8, 4) is 0 Å². The Morgan fingerprint density at radius 2 is 1.59 bits per heavy atom. The van der Waals surface area contributed by atoms with E-state index in [0.29, 0.717) is 6.54 Å². The van der Waals surface area contributed by atoms with E-state index in [1.165, 1.54) is 0 Å². The summed E-state index contributed by atoms with van der Waals surface area (Å²) < 4.78 is 2.02. The highest BCUT2D eigenvalue weighted by Crippen LogP contribution is 2.23. The molecule has 1 N–H and O–H groups in total. The van der Waals surface area contributed by atoms with Gasteiger partial charge in [0.1, 0.15) is 0 Å². The number of amides is 1. The van der Waals surface area contributed by atoms with Crippen LogP contribution >= 0.6 is 0 Å². The summed E-state index contributed by atoms with van der Waals surface area (Å²) >= 11 is 0. The van der Waals surface area contributed by atoms with Gasteiger partial charge in [0.25, 0.3) is 17.3 Å². The standard InChI is InChI=1S/C22H17N5O5/c28-22(17-9-18(26(29)30)11-19(10-17)27(31)32)23-12-15-4-3-5-16(8-15)13-25-14-24-20-6-1-2-7-21(20)25/h1-11,14H,12-13H2,(H,23,28). The number of hydrogen-bond acceptors (Lipinski definition) is 6. The maximum absolute atomic E-state index is 12.5. The van der Waals surface area contributed by atoms with Gasteiger partial charge in [-0.05, 0) is 23.3 Å². The van der Waals surface area contributed by atoms with E-state index < -0.39 is 27.1 Å². The number of fused-ring (bicyclic) bond motifs is 1. The number of imidazole rings is 1. The molecular formula is C22H17N5O5. The predicted octanol–water partition coefficient (Wildman–Crippen LogP) is 3.83. The topological polar surface area (TPSA) is 133 Å². The second-order valence-corrected chi connectivity index (χ2v) is 7.12. The van der Waals surface area contributed by atoms with Crippen molar-refractivity contribution in [1.82, 2.24) is 14.9 Å². The smallest absolute Gasteiger partial charge is 0.277 e. The van der Waals surface area contributed by atoms with Crippen molar-refractivity contribution in [2.24, 2.45) is 0 Å². The summed E-state index contributed by atoms with van der Waals surface area (Å²) in [6, 6.07) is 18.3. The van der Waals surface area contributed by atoms with Crippen LogP contribution in [0.3, 0.4) is 0 Å². The molecule has 4 aromatic rings. The van der Waals surface area contributed by atoms with E-state index in [0.717, 1.165) is 40.4 Å². The molecule has 0 bridgehead atoms. The van der Waals surface area contributed by atoms with Gasteiger partial charge in [-0.25, -0.2) is 4.98 Å². The Hall–Kier alpha value is -4.60. The Morgan fingerprint density at radius 1 is 0.906 bits per heavy atom. The van der Waals surface area contributed by atoms with Crippen molar-refractivity contribution in [3.63, 3.8) is 0 Å². The van der Waals surface area contributed by atoms with Gasteiger partial charge in [-0.1, -0.05) is 36.4 Å². The van der Waals surface area contributed by atoms with Gasteiger partial charge in [0.05, 0.1) is 38.8 Å². The predicted molar refractivity (Wildman–Crippen MR) is 116 cm³/mol. The fraction of sp³-hybridized carbons (Fsp3) is 0.0909. The Morgan fingerprint density at radius 3 is 2.31 bits per heavy atom. The van der Waals surface area contributed by atoms with Crippen LogP contribution in [0, 0.1) is 20.2 Å². The van der Waals surface area contributed by atoms with Crippen LogP contribution < -0.4 is 5.32 Å². The lowest BCUT2D eigenvalue weighted by molar-refractivity contribution is -0.394. The maximum Gasteiger partial charge on any atom is 0.277 e. The van der Waals surface area contributed by atoms with Gasteiger partial charge >= 0.3 is 0 Å². The zero-order chi connectivity index (χ0) is 22.7. The zero-order valence-corrected chi connectivity index (χ0v) is 16.7. The molecule has 0 unspecified atom stereocenters. The quantitative estimate of drug-likeness (QED) is 0.349. The molecule has 0 aliphatic heterocycles. The van der Waals surface area contributed by atoms with Gasteiger partial charge in [0.2, 0.25) is 0 Å². The summed E-state index contributed by atoms with van der Waals surface area (Å²) in [5.74, 6) is -0.636. The first-order valence-electron chi connectivity index (χ1n) is 9.60. The third kappa shape index (κ3) is 4.43. The van der Waals surface area contributed by atoms with E-state index in [1.54, 1.807) is 6.33 Å². The summed E-state index contributed by atoms with van der Waals surface area (Å²) in [5.41, 5.74) is 2.57. The Balaban J connectivity index is 1.48. The molecule has 0 aliphatic rings. The van der Waals surface area contributed by atoms with Gasteiger partial charge in [-0.3, -0.25) is 25.0 Å². The number of nitrogens with one attached hydrogen (secondary N) is 1. The number of para-hydroxylation sites is 2. The number of non-ortho nitro benzene ring substituents is 2. The van der Waals surface area contributed by atoms with E-state index in [9.17, 15) is 25.0 Å². The van der Waals surface area contributed by atoms with E-state index in [4.69, 9.17) is 0 Å². The first-order chi connectivity index (χ1) is 15.4. The van der Waals surface area contributed by atoms with Crippen molar-refractivity contribution in [3.05, 3.63) is 110 Å². The van der Waals surface area contributed by atoms with Gasteiger partial charge in [-0.15, -0.1) is 0 Å². The van der Waals surface area contributed by atoms with Crippen molar-refractivity contribution in [1.29, 1.82) is 0 Å². The minimum Gasteiger partial charge on any atom is -0.348 e. The second kappa shape index (κ2) is 8.64. The van der Waals surface area contributed by atoms with Crippen molar-refractivity contribution in [2.75, 3.05) is 0 Å². The summed E-state index contributed by atoms with van der Waals surface area (Å²) in [7, 11) is 0. The van der Waals surface area contributed by atoms with Gasteiger partial charge in [0.15, 0.2) is 0 Å². The molecule has 0 atom stereocenters. The normalized spacial score (nSPS) is 10.8. The molecule has 0 aliphatic carbocycles. The molecule has 0 spiro atoms. The Labute approximate surface area is 181 Å². The summed E-state index contributed by atoms with van der Waals surface area (Å²) in [5, 5.41) is 24.7. The first-order valence-corrected chi connectivity index (χ1v) is 9.60. The van der Waals surface area contributed by atoms with Crippen LogP contribution in [0.4, 0.5) is 11.4 Å². The molecule has 32 heavy (non-hydrogen) atoms. The highest BCUT2D eigenvalue weighted by atomic mass is 16.6. The maximum atomic E-state index is 12.5. The number of nitro groups is 2. The number of carbonyl (C=O) groups is 1. The molecule has 0 saturated carbocycles. The molecule has 0 radical (unpaired) electrons. The summed E-state index contributed by atoms with van der Waals surface area (Å²) in [6.07, 6.45) is 1.77. The van der Waals surface area contributed by atoms with E-state index in [1.807, 2.05) is 53.1 Å². The van der Waals surface area contributed by atoms with E-state index in [-0.39, 0.29) is 12.1 Å². The van der Waals surface area contributed by atoms with Crippen molar-refractivity contribution >= 4 is 28.3 Å². The molecule has 0 fully saturated rings. The number of carbonyl (C=O) groups excluding carboxylic acids is 1. The molecular weight excluding hydrogens is 414 g/mol. The number of nitro benzene ring substituents is 2. The van der Waals surface area contributed by atoms with Crippen LogP contribution in [0.5, 0.6) is 0 Å². The number of hydrogen-bond donors (Lipinski definition) is 1. The number of nitrogens with zero attached hydrogens (tertiary/aromatic N) is 4. The van der Waals surface area contributed by atoms with Gasteiger partial charge < -0.3 is 9.88 Å². The lowest BCUT2D eigenvalue weighted by atomic mass is 10.1. The number of rotatable bonds is 7. The van der Waals surface area contributed by atoms with Crippen LogP contribution in [0.1, 0.15) is 21.5 Å². The van der Waals surface area contributed by atoms with Gasteiger partial charge in [0, 0.05) is 25.2 Å². The van der Waals surface area contributed by atoms with Crippen LogP contribution in [0.2, 0.25) is 0 Å². The Bertz CT molecular complexity index is 1320. The molecule has 1 heterocycles. The van der Waals surface area contributed by atoms with Crippen LogP contribution in [0.25, 0.3) is 11.0 Å². The lowest BCUT2D eigenvalue weighted by Crippen LogP contribution is -2.23. The van der Waals surface area contributed by atoms with Crippen LogP contribution in [-0.2, 0) is 13.1 Å². The molecule has 10 nitrogen and oxygen atoms in total. The fourth-order valence-corrected chi connectivity index (χ4v) is 3.39. The summed E-state index contributed by atoms with van der Waals surface area (Å²) in [4.78, 5) is 37.4. The molecule has 0 saturated heterocycles. The minimum atomic E-state index is -0.771. The zero-order valence-electron chi connectivity index (χ0n) is 16.7. The van der Waals surface area contributed by atoms with Gasteiger partial charge in [-0.2, -0.15) is 0 Å². The molecule has 10 heteroatoms. The van der Waals surface area contributed by atoms with Crippen LogP contribution in [0.15, 0.2) is 73.1 Å². The van der Waals surface area contributed by atoms with E-state index >= 15 is 0 Å². The average Bonchev–Trinajstić information content (AvgIpc) is 3.20. The highest BCUT2D eigenvalue weighted by Gasteiger charge is 2.19. The van der Waals surface area contributed by atoms with Crippen LogP contribution in [-0.4, -0.2) is 25.3 Å². The highest BCUT2D eigenvalue weighted by molar-refractivity contribution is 5.95. The Kier molecular flexibility index (Phi) is 5.58. The average molecular weight is 431 g/mol. The second-order valence-electron chi connectivity index (χ2n) is 7.12. The fourth-order valence-electron chi connectivity index (χ4n) is 3.39. The number of aromatic nitrogens is 2. The minimum absolute atomic E-state index is 0.146. The monoisotopic (exact) mass is 431 g/mol. The largest absolute Gasteiger partial charge is 0.348 e. The molecule has 1 aromatic heterocycles. The summed E-state index contributed by atoms with van der Waals surface area (Å²) in [6.45, 7) is 0.757. The SMILES string of the molecule is O=C(NCc1cccc(Cn2cnc3ccccc32)c1)c1cc([N+](=O)[O-])cc([N+](=O)[O-])c1.